The van der Waals surface area contributed by atoms with Crippen LogP contribution in [0, 0.1) is 11.3 Å². The average molecular weight is 339 g/mol. The first-order valence-electron chi connectivity index (χ1n) is 9.04. The number of aromatic nitrogens is 1. The minimum atomic E-state index is 0.696. The number of aromatic amines is 1. The van der Waals surface area contributed by atoms with E-state index in [1.54, 1.807) is 0 Å². The number of nitrogens with two attached hydrogens (primary N) is 1. The first-order chi connectivity index (χ1) is 12.8. The van der Waals surface area contributed by atoms with Gasteiger partial charge in [0.2, 0.25) is 0 Å². The summed E-state index contributed by atoms with van der Waals surface area (Å²) in [6, 6.07) is 23.1. The third-order valence-corrected chi connectivity index (χ3v) is 4.95. The SMILES string of the molecule is N#Cc1ccc2[nH]c(-c3ccc4ccccc4c3)c(CCCCN)c2c1. The summed E-state index contributed by atoms with van der Waals surface area (Å²) in [4.78, 5) is 3.58. The molecule has 3 nitrogen and oxygen atoms in total. The number of H-pyrrole nitrogens is 1. The number of hydrogen-bond donors (Lipinski definition) is 2. The third-order valence-electron chi connectivity index (χ3n) is 4.95. The van der Waals surface area contributed by atoms with Gasteiger partial charge in [0.1, 0.15) is 0 Å². The van der Waals surface area contributed by atoms with E-state index in [0.717, 1.165) is 35.9 Å². The van der Waals surface area contributed by atoms with Gasteiger partial charge >= 0.3 is 0 Å². The molecule has 0 spiro atoms. The predicted molar refractivity (Wildman–Crippen MR) is 108 cm³/mol. The molecule has 0 bridgehead atoms. The normalized spacial score (nSPS) is 11.1. The quantitative estimate of drug-likeness (QED) is 0.494. The van der Waals surface area contributed by atoms with Crippen LogP contribution < -0.4 is 5.73 Å². The smallest absolute Gasteiger partial charge is 0.0991 e. The van der Waals surface area contributed by atoms with E-state index in [1.165, 1.54) is 21.9 Å². The van der Waals surface area contributed by atoms with Crippen molar-refractivity contribution >= 4 is 21.7 Å². The van der Waals surface area contributed by atoms with Gasteiger partial charge in [-0.15, -0.1) is 0 Å². The fraction of sp³-hybridized carbons (Fsp3) is 0.174. The minimum absolute atomic E-state index is 0.696. The summed E-state index contributed by atoms with van der Waals surface area (Å²) in [7, 11) is 0. The Kier molecular flexibility index (Phi) is 4.43. The Morgan fingerprint density at radius 1 is 0.923 bits per heavy atom. The number of nitriles is 1. The lowest BCUT2D eigenvalue weighted by Crippen LogP contribution is -1.99. The molecule has 0 radical (unpaired) electrons. The summed E-state index contributed by atoms with van der Waals surface area (Å²) in [6.07, 6.45) is 3.00. The van der Waals surface area contributed by atoms with Crippen LogP contribution >= 0.6 is 0 Å². The van der Waals surface area contributed by atoms with E-state index in [9.17, 15) is 5.26 Å². The summed E-state index contributed by atoms with van der Waals surface area (Å²) in [5, 5.41) is 12.9. The molecule has 0 unspecified atom stereocenters. The molecule has 0 saturated heterocycles. The molecular weight excluding hydrogens is 318 g/mol. The number of aryl methyl sites for hydroxylation is 1. The van der Waals surface area contributed by atoms with Gasteiger partial charge in [-0.05, 0) is 72.0 Å². The summed E-state index contributed by atoms with van der Waals surface area (Å²) in [6.45, 7) is 0.705. The predicted octanol–water partition coefficient (Wildman–Crippen LogP) is 5.14. The van der Waals surface area contributed by atoms with E-state index in [2.05, 4.69) is 53.5 Å². The number of unbranched alkanes of at least 4 members (excludes halogenated alkanes) is 1. The van der Waals surface area contributed by atoms with Crippen LogP contribution in [-0.2, 0) is 6.42 Å². The Morgan fingerprint density at radius 3 is 2.58 bits per heavy atom. The second kappa shape index (κ2) is 7.03. The lowest BCUT2D eigenvalue weighted by molar-refractivity contribution is 0.748. The summed E-state index contributed by atoms with van der Waals surface area (Å²) in [5.74, 6) is 0. The van der Waals surface area contributed by atoms with Gasteiger partial charge in [0.05, 0.1) is 11.6 Å². The molecule has 0 aliphatic rings. The lowest BCUT2D eigenvalue weighted by Gasteiger charge is -2.07. The molecule has 26 heavy (non-hydrogen) atoms. The van der Waals surface area contributed by atoms with Crippen molar-refractivity contribution in [3.05, 3.63) is 71.8 Å². The Balaban J connectivity index is 1.88. The largest absolute Gasteiger partial charge is 0.354 e. The van der Waals surface area contributed by atoms with Crippen LogP contribution in [0.4, 0.5) is 0 Å². The molecule has 3 aromatic carbocycles. The van der Waals surface area contributed by atoms with Crippen LogP contribution in [0.15, 0.2) is 60.7 Å². The molecule has 0 fully saturated rings. The first-order valence-corrected chi connectivity index (χ1v) is 9.04. The molecule has 1 aromatic heterocycles. The first kappa shape index (κ1) is 16.4. The second-order valence-electron chi connectivity index (χ2n) is 6.66. The standard InChI is InChI=1S/C23H21N3/c24-12-4-3-7-20-21-13-16(15-25)8-11-22(21)26-23(20)19-10-9-17-5-1-2-6-18(17)14-19/h1-2,5-6,8-11,13-14,26H,3-4,7,12,24H2. The fourth-order valence-corrected chi connectivity index (χ4v) is 3.61. The molecule has 0 atom stereocenters. The highest BCUT2D eigenvalue weighted by atomic mass is 14.7. The van der Waals surface area contributed by atoms with E-state index in [1.807, 2.05) is 18.2 Å². The lowest BCUT2D eigenvalue weighted by atomic mass is 9.98. The number of benzene rings is 3. The van der Waals surface area contributed by atoms with Gasteiger partial charge in [-0.1, -0.05) is 36.4 Å². The molecule has 0 aliphatic heterocycles. The fourth-order valence-electron chi connectivity index (χ4n) is 3.61. The zero-order valence-corrected chi connectivity index (χ0v) is 14.6. The van der Waals surface area contributed by atoms with Crippen LogP contribution in [-0.4, -0.2) is 11.5 Å². The van der Waals surface area contributed by atoms with Gasteiger partial charge in [0.15, 0.2) is 0 Å². The van der Waals surface area contributed by atoms with Crippen molar-refractivity contribution < 1.29 is 0 Å². The van der Waals surface area contributed by atoms with Crippen molar-refractivity contribution in [1.82, 2.24) is 4.98 Å². The van der Waals surface area contributed by atoms with Gasteiger partial charge in [-0.25, -0.2) is 0 Å². The highest BCUT2D eigenvalue weighted by Crippen LogP contribution is 2.33. The van der Waals surface area contributed by atoms with Crippen molar-refractivity contribution in [2.75, 3.05) is 6.54 Å². The van der Waals surface area contributed by atoms with Crippen molar-refractivity contribution in [3.63, 3.8) is 0 Å². The average Bonchev–Trinajstić information content (AvgIpc) is 3.05. The van der Waals surface area contributed by atoms with Crippen LogP contribution in [0.2, 0.25) is 0 Å². The van der Waals surface area contributed by atoms with E-state index >= 15 is 0 Å². The zero-order valence-electron chi connectivity index (χ0n) is 14.6. The van der Waals surface area contributed by atoms with Crippen LogP contribution in [0.25, 0.3) is 32.9 Å². The summed E-state index contributed by atoms with van der Waals surface area (Å²) < 4.78 is 0. The Labute approximate surface area is 153 Å². The van der Waals surface area contributed by atoms with Crippen molar-refractivity contribution in [2.45, 2.75) is 19.3 Å². The Morgan fingerprint density at radius 2 is 1.77 bits per heavy atom. The molecule has 0 aliphatic carbocycles. The molecule has 1 heterocycles. The van der Waals surface area contributed by atoms with E-state index < -0.39 is 0 Å². The Bertz CT molecular complexity index is 1120. The van der Waals surface area contributed by atoms with E-state index in [4.69, 9.17) is 5.73 Å². The molecule has 3 heteroatoms. The van der Waals surface area contributed by atoms with Crippen LogP contribution in [0.5, 0.6) is 0 Å². The monoisotopic (exact) mass is 339 g/mol. The maximum absolute atomic E-state index is 9.27. The number of fused-ring (bicyclic) bond motifs is 2. The minimum Gasteiger partial charge on any atom is -0.354 e. The zero-order chi connectivity index (χ0) is 17.9. The van der Waals surface area contributed by atoms with Crippen LogP contribution in [0.3, 0.4) is 0 Å². The molecule has 0 saturated carbocycles. The van der Waals surface area contributed by atoms with E-state index in [0.29, 0.717) is 12.1 Å². The van der Waals surface area contributed by atoms with Gasteiger partial charge < -0.3 is 10.7 Å². The summed E-state index contributed by atoms with van der Waals surface area (Å²) in [5.41, 5.74) is 11.1. The number of nitrogens with one attached hydrogen (secondary N) is 1. The molecule has 128 valence electrons. The topological polar surface area (TPSA) is 65.6 Å². The highest BCUT2D eigenvalue weighted by molar-refractivity contribution is 5.94. The highest BCUT2D eigenvalue weighted by Gasteiger charge is 2.14. The molecule has 0 amide bonds. The van der Waals surface area contributed by atoms with Crippen molar-refractivity contribution in [1.29, 1.82) is 5.26 Å². The molecule has 4 rings (SSSR count). The van der Waals surface area contributed by atoms with Gasteiger partial charge in [0.25, 0.3) is 0 Å². The number of hydrogen-bond acceptors (Lipinski definition) is 2. The summed E-state index contributed by atoms with van der Waals surface area (Å²) >= 11 is 0. The maximum atomic E-state index is 9.27. The molecule has 4 aromatic rings. The molecular formula is C23H21N3. The van der Waals surface area contributed by atoms with Crippen molar-refractivity contribution in [2.24, 2.45) is 5.73 Å². The van der Waals surface area contributed by atoms with Crippen LogP contribution in [0.1, 0.15) is 24.0 Å². The van der Waals surface area contributed by atoms with Gasteiger partial charge in [-0.3, -0.25) is 0 Å². The maximum Gasteiger partial charge on any atom is 0.0991 e. The second-order valence-corrected chi connectivity index (χ2v) is 6.66. The third kappa shape index (κ3) is 2.96. The number of nitrogens with zero attached hydrogens (tertiary/aromatic N) is 1. The van der Waals surface area contributed by atoms with E-state index in [-0.39, 0.29) is 0 Å². The Hall–Kier alpha value is -3.09. The van der Waals surface area contributed by atoms with Gasteiger partial charge in [-0.2, -0.15) is 5.26 Å². The van der Waals surface area contributed by atoms with Gasteiger partial charge in [0, 0.05) is 16.6 Å². The van der Waals surface area contributed by atoms with Crippen molar-refractivity contribution in [3.8, 4) is 17.3 Å². The molecule has 3 N–H and O–H groups in total. The number of rotatable bonds is 5.